The first-order chi connectivity index (χ1) is 9.56. The van der Waals surface area contributed by atoms with E-state index in [1.807, 2.05) is 12.1 Å². The van der Waals surface area contributed by atoms with Gasteiger partial charge in [0, 0.05) is 37.8 Å². The summed E-state index contributed by atoms with van der Waals surface area (Å²) in [7, 11) is 2.03. The largest absolute Gasteiger partial charge is 0.304 e. The smallest absolute Gasteiger partial charge is 0.273 e. The number of hydrogen-bond donors (Lipinski definition) is 1. The zero-order chi connectivity index (χ0) is 14.5. The van der Waals surface area contributed by atoms with Gasteiger partial charge in [0.15, 0.2) is 0 Å². The van der Waals surface area contributed by atoms with Crippen LogP contribution in [-0.4, -0.2) is 54.0 Å². The molecule has 0 aromatic heterocycles. The van der Waals surface area contributed by atoms with Crippen LogP contribution < -0.4 is 5.43 Å². The van der Waals surface area contributed by atoms with Gasteiger partial charge in [0.1, 0.15) is 0 Å². The van der Waals surface area contributed by atoms with E-state index in [9.17, 15) is 14.9 Å². The normalized spacial score (nSPS) is 16.9. The van der Waals surface area contributed by atoms with Crippen LogP contribution in [0.5, 0.6) is 0 Å². The predicted molar refractivity (Wildman–Crippen MR) is 74.0 cm³/mol. The molecule has 0 aliphatic carbocycles. The van der Waals surface area contributed by atoms with E-state index in [-0.39, 0.29) is 18.0 Å². The molecule has 1 amide bonds. The molecule has 7 heteroatoms. The third-order valence-corrected chi connectivity index (χ3v) is 3.33. The van der Waals surface area contributed by atoms with Crippen molar-refractivity contribution in [3.05, 3.63) is 39.9 Å². The molecule has 1 aliphatic heterocycles. The lowest BCUT2D eigenvalue weighted by atomic mass is 10.1. The number of piperazine rings is 1. The third-order valence-electron chi connectivity index (χ3n) is 3.33. The Balaban J connectivity index is 1.93. The maximum Gasteiger partial charge on any atom is 0.273 e. The molecule has 1 aromatic carbocycles. The Morgan fingerprint density at radius 3 is 2.60 bits per heavy atom. The molecule has 0 bridgehead atoms. The van der Waals surface area contributed by atoms with Gasteiger partial charge in [-0.3, -0.25) is 20.3 Å². The number of rotatable bonds is 4. The minimum Gasteiger partial charge on any atom is -0.304 e. The molecule has 0 radical (unpaired) electrons. The van der Waals surface area contributed by atoms with Crippen LogP contribution in [0.4, 0.5) is 5.69 Å². The second kappa shape index (κ2) is 6.44. The van der Waals surface area contributed by atoms with Crippen LogP contribution in [0.15, 0.2) is 24.3 Å². The molecular formula is C13H18N4O3. The van der Waals surface area contributed by atoms with Gasteiger partial charge in [0.25, 0.3) is 5.69 Å². The number of nitrogens with zero attached hydrogens (tertiary/aromatic N) is 3. The van der Waals surface area contributed by atoms with Crippen LogP contribution in [0.1, 0.15) is 5.56 Å². The molecule has 0 saturated carbocycles. The number of nitro groups is 1. The molecule has 1 N–H and O–H groups in total. The summed E-state index contributed by atoms with van der Waals surface area (Å²) in [5, 5.41) is 12.7. The van der Waals surface area contributed by atoms with Crippen molar-refractivity contribution >= 4 is 11.6 Å². The lowest BCUT2D eigenvalue weighted by Gasteiger charge is -2.32. The summed E-state index contributed by atoms with van der Waals surface area (Å²) in [6.07, 6.45) is 0.0174. The van der Waals surface area contributed by atoms with Crippen LogP contribution in [0.2, 0.25) is 0 Å². The summed E-state index contributed by atoms with van der Waals surface area (Å²) < 4.78 is 0. The summed E-state index contributed by atoms with van der Waals surface area (Å²) in [5.41, 5.74) is 3.22. The van der Waals surface area contributed by atoms with Gasteiger partial charge in [-0.2, -0.15) is 0 Å². The molecule has 1 fully saturated rings. The highest BCUT2D eigenvalue weighted by molar-refractivity contribution is 5.79. The number of benzene rings is 1. The fourth-order valence-electron chi connectivity index (χ4n) is 2.15. The Kier molecular flexibility index (Phi) is 4.65. The summed E-state index contributed by atoms with van der Waals surface area (Å²) in [4.78, 5) is 24.6. The minimum atomic E-state index is -0.460. The number of nitrogens with one attached hydrogen (secondary N) is 1. The van der Waals surface area contributed by atoms with Gasteiger partial charge in [0.05, 0.1) is 11.3 Å². The van der Waals surface area contributed by atoms with Gasteiger partial charge in [-0.05, 0) is 7.05 Å². The number of nitro benzene ring substituents is 1. The molecule has 0 unspecified atom stereocenters. The van der Waals surface area contributed by atoms with E-state index >= 15 is 0 Å². The molecule has 1 aliphatic rings. The zero-order valence-corrected chi connectivity index (χ0v) is 11.4. The molecule has 1 saturated heterocycles. The minimum absolute atomic E-state index is 0.0129. The quantitative estimate of drug-likeness (QED) is 0.637. The van der Waals surface area contributed by atoms with Gasteiger partial charge in [0.2, 0.25) is 5.91 Å². The fourth-order valence-corrected chi connectivity index (χ4v) is 2.15. The van der Waals surface area contributed by atoms with Crippen LogP contribution in [0, 0.1) is 10.1 Å². The van der Waals surface area contributed by atoms with Crippen molar-refractivity contribution in [2.75, 3.05) is 33.2 Å². The second-order valence-electron chi connectivity index (χ2n) is 4.89. The van der Waals surface area contributed by atoms with Gasteiger partial charge in [-0.25, -0.2) is 5.01 Å². The van der Waals surface area contributed by atoms with Crippen molar-refractivity contribution in [2.45, 2.75) is 6.42 Å². The molecule has 1 heterocycles. The standard InChI is InChI=1S/C13H18N4O3/c1-15-6-8-16(9-7-15)14-13(18)10-11-4-2-3-5-12(11)17(19)20/h2-5H,6-10H2,1H3,(H,14,18). The summed E-state index contributed by atoms with van der Waals surface area (Å²) >= 11 is 0. The van der Waals surface area contributed by atoms with Crippen molar-refractivity contribution in [3.8, 4) is 0 Å². The lowest BCUT2D eigenvalue weighted by molar-refractivity contribution is -0.385. The molecule has 2 rings (SSSR count). The van der Waals surface area contributed by atoms with E-state index in [2.05, 4.69) is 10.3 Å². The van der Waals surface area contributed by atoms with Crippen molar-refractivity contribution in [1.29, 1.82) is 0 Å². The van der Waals surface area contributed by atoms with Gasteiger partial charge >= 0.3 is 0 Å². The zero-order valence-electron chi connectivity index (χ0n) is 11.4. The first-order valence-corrected chi connectivity index (χ1v) is 6.51. The maximum absolute atomic E-state index is 11.9. The van der Waals surface area contributed by atoms with Crippen LogP contribution in [0.25, 0.3) is 0 Å². The van der Waals surface area contributed by atoms with Crippen LogP contribution in [0.3, 0.4) is 0 Å². The SMILES string of the molecule is CN1CCN(NC(=O)Cc2ccccc2[N+](=O)[O-])CC1. The summed E-state index contributed by atoms with van der Waals surface area (Å²) in [6.45, 7) is 3.32. The molecular weight excluding hydrogens is 260 g/mol. The number of hydrogen-bond acceptors (Lipinski definition) is 5. The molecule has 0 atom stereocenters. The number of para-hydroxylation sites is 1. The number of amides is 1. The van der Waals surface area contributed by atoms with Gasteiger partial charge in [-0.15, -0.1) is 0 Å². The Labute approximate surface area is 117 Å². The van der Waals surface area contributed by atoms with E-state index in [0.717, 1.165) is 26.2 Å². The predicted octanol–water partition coefficient (Wildman–Crippen LogP) is 0.416. The van der Waals surface area contributed by atoms with E-state index in [0.29, 0.717) is 5.56 Å². The number of carbonyl (C=O) groups is 1. The number of likely N-dealkylation sites (N-methyl/N-ethyl adjacent to an activating group) is 1. The van der Waals surface area contributed by atoms with E-state index in [1.165, 1.54) is 6.07 Å². The van der Waals surface area contributed by atoms with Crippen molar-refractivity contribution in [3.63, 3.8) is 0 Å². The maximum atomic E-state index is 11.9. The van der Waals surface area contributed by atoms with Crippen molar-refractivity contribution < 1.29 is 9.72 Å². The summed E-state index contributed by atoms with van der Waals surface area (Å²) in [6, 6.07) is 6.33. The Morgan fingerprint density at radius 1 is 1.30 bits per heavy atom. The monoisotopic (exact) mass is 278 g/mol. The van der Waals surface area contributed by atoms with E-state index in [4.69, 9.17) is 0 Å². The molecule has 20 heavy (non-hydrogen) atoms. The first-order valence-electron chi connectivity index (χ1n) is 6.51. The second-order valence-corrected chi connectivity index (χ2v) is 4.89. The fraction of sp³-hybridized carbons (Fsp3) is 0.462. The molecule has 1 aromatic rings. The average Bonchev–Trinajstić information content (AvgIpc) is 2.41. The van der Waals surface area contributed by atoms with Crippen molar-refractivity contribution in [2.24, 2.45) is 0 Å². The molecule has 108 valence electrons. The van der Waals surface area contributed by atoms with E-state index < -0.39 is 4.92 Å². The average molecular weight is 278 g/mol. The lowest BCUT2D eigenvalue weighted by Crippen LogP contribution is -2.52. The molecule has 7 nitrogen and oxygen atoms in total. The Bertz CT molecular complexity index is 498. The summed E-state index contributed by atoms with van der Waals surface area (Å²) in [5.74, 6) is -0.219. The van der Waals surface area contributed by atoms with Gasteiger partial charge in [-0.1, -0.05) is 18.2 Å². The highest BCUT2D eigenvalue weighted by Crippen LogP contribution is 2.17. The number of hydrazine groups is 1. The first kappa shape index (κ1) is 14.4. The van der Waals surface area contributed by atoms with Crippen LogP contribution >= 0.6 is 0 Å². The third kappa shape index (κ3) is 3.75. The Hall–Kier alpha value is -1.99. The van der Waals surface area contributed by atoms with E-state index in [1.54, 1.807) is 18.2 Å². The van der Waals surface area contributed by atoms with Gasteiger partial charge < -0.3 is 4.90 Å². The molecule has 0 spiro atoms. The highest BCUT2D eigenvalue weighted by atomic mass is 16.6. The Morgan fingerprint density at radius 2 is 1.95 bits per heavy atom. The number of carbonyl (C=O) groups excluding carboxylic acids is 1. The highest BCUT2D eigenvalue weighted by Gasteiger charge is 2.19. The van der Waals surface area contributed by atoms with Crippen LogP contribution in [-0.2, 0) is 11.2 Å². The topological polar surface area (TPSA) is 78.7 Å². The van der Waals surface area contributed by atoms with Crippen molar-refractivity contribution in [1.82, 2.24) is 15.3 Å².